The van der Waals surface area contributed by atoms with Gasteiger partial charge >= 0.3 is 0 Å². The van der Waals surface area contributed by atoms with Gasteiger partial charge in [-0.05, 0) is 36.9 Å². The first-order chi connectivity index (χ1) is 11.6. The molecule has 5 nitrogen and oxygen atoms in total. The number of hydrogen-bond donors (Lipinski definition) is 1. The van der Waals surface area contributed by atoms with Crippen molar-refractivity contribution < 1.29 is 14.3 Å². The van der Waals surface area contributed by atoms with Gasteiger partial charge in [-0.1, -0.05) is 18.2 Å². The van der Waals surface area contributed by atoms with E-state index in [9.17, 15) is 9.59 Å². The highest BCUT2D eigenvalue weighted by Crippen LogP contribution is 2.33. The smallest absolute Gasteiger partial charge is 0.267 e. The number of nitrogens with zero attached hydrogens (tertiary/aromatic N) is 1. The van der Waals surface area contributed by atoms with Crippen LogP contribution in [-0.2, 0) is 16.0 Å². The standard InChI is InChI=1S/C18H20N2O3S/c1-13-18(22)20(15-6-2-3-7-16(15)23-13)11-9-17(21)19-10-8-14-5-4-12-24-14/h2-7,12-13H,8-11H2,1H3,(H,19,21)/t13-/m1/s1. The first-order valence-electron chi connectivity index (χ1n) is 8.01. The fourth-order valence-corrected chi connectivity index (χ4v) is 3.38. The van der Waals surface area contributed by atoms with Gasteiger partial charge in [0.15, 0.2) is 6.10 Å². The van der Waals surface area contributed by atoms with Crippen molar-refractivity contribution in [2.75, 3.05) is 18.0 Å². The number of ether oxygens (including phenoxy) is 1. The zero-order valence-corrected chi connectivity index (χ0v) is 14.3. The summed E-state index contributed by atoms with van der Waals surface area (Å²) >= 11 is 1.69. The third kappa shape index (κ3) is 3.76. The molecule has 1 aromatic carbocycles. The maximum Gasteiger partial charge on any atom is 0.267 e. The lowest BCUT2D eigenvalue weighted by Gasteiger charge is -2.32. The van der Waals surface area contributed by atoms with Crippen LogP contribution >= 0.6 is 11.3 Å². The third-order valence-electron chi connectivity index (χ3n) is 3.91. The summed E-state index contributed by atoms with van der Waals surface area (Å²) < 4.78 is 5.60. The molecular weight excluding hydrogens is 324 g/mol. The molecule has 0 saturated carbocycles. The minimum Gasteiger partial charge on any atom is -0.479 e. The van der Waals surface area contributed by atoms with Crippen molar-refractivity contribution in [2.45, 2.75) is 25.9 Å². The van der Waals surface area contributed by atoms with E-state index in [0.717, 1.165) is 12.1 Å². The summed E-state index contributed by atoms with van der Waals surface area (Å²) in [5.41, 5.74) is 0.729. The van der Waals surface area contributed by atoms with Gasteiger partial charge in [0.2, 0.25) is 5.91 Å². The highest BCUT2D eigenvalue weighted by molar-refractivity contribution is 7.09. The maximum absolute atomic E-state index is 12.3. The highest BCUT2D eigenvalue weighted by Gasteiger charge is 2.31. The zero-order chi connectivity index (χ0) is 16.9. The van der Waals surface area contributed by atoms with Crippen LogP contribution in [0.15, 0.2) is 41.8 Å². The van der Waals surface area contributed by atoms with Crippen molar-refractivity contribution in [3.8, 4) is 5.75 Å². The van der Waals surface area contributed by atoms with Crippen LogP contribution in [-0.4, -0.2) is 31.0 Å². The third-order valence-corrected chi connectivity index (χ3v) is 4.85. The van der Waals surface area contributed by atoms with Crippen LogP contribution in [0.2, 0.25) is 0 Å². The number of fused-ring (bicyclic) bond motifs is 1. The summed E-state index contributed by atoms with van der Waals surface area (Å²) in [6.07, 6.45) is 0.582. The van der Waals surface area contributed by atoms with Gasteiger partial charge in [-0.15, -0.1) is 11.3 Å². The number of thiophene rings is 1. The number of amides is 2. The molecule has 0 bridgehead atoms. The molecule has 126 valence electrons. The van der Waals surface area contributed by atoms with E-state index in [0.29, 0.717) is 18.8 Å². The number of anilines is 1. The Bertz CT molecular complexity index is 715. The van der Waals surface area contributed by atoms with E-state index < -0.39 is 6.10 Å². The summed E-state index contributed by atoms with van der Waals surface area (Å²) in [6.45, 7) is 2.70. The van der Waals surface area contributed by atoms with E-state index in [-0.39, 0.29) is 18.2 Å². The van der Waals surface area contributed by atoms with Crippen LogP contribution < -0.4 is 15.0 Å². The number of carbonyl (C=O) groups excluding carboxylic acids is 2. The van der Waals surface area contributed by atoms with Crippen molar-refractivity contribution >= 4 is 28.8 Å². The Morgan fingerprint density at radius 3 is 2.92 bits per heavy atom. The van der Waals surface area contributed by atoms with Crippen LogP contribution in [0.25, 0.3) is 0 Å². The molecule has 0 spiro atoms. The molecule has 6 heteroatoms. The summed E-state index contributed by atoms with van der Waals surface area (Å²) in [7, 11) is 0. The van der Waals surface area contributed by atoms with Crippen LogP contribution in [0.3, 0.4) is 0 Å². The normalized spacial score (nSPS) is 16.5. The quantitative estimate of drug-likeness (QED) is 0.876. The predicted molar refractivity (Wildman–Crippen MR) is 94.5 cm³/mol. The molecule has 2 heterocycles. The van der Waals surface area contributed by atoms with Crippen molar-refractivity contribution in [1.82, 2.24) is 5.32 Å². The van der Waals surface area contributed by atoms with E-state index in [2.05, 4.69) is 11.4 Å². The molecule has 2 aromatic rings. The Kier molecular flexibility index (Phi) is 5.15. The first kappa shape index (κ1) is 16.5. The molecule has 2 amide bonds. The Balaban J connectivity index is 1.53. The Hall–Kier alpha value is -2.34. The number of para-hydroxylation sites is 2. The lowest BCUT2D eigenvalue weighted by Crippen LogP contribution is -2.45. The summed E-state index contributed by atoms with van der Waals surface area (Å²) in [5.74, 6) is 0.527. The van der Waals surface area contributed by atoms with Crippen molar-refractivity contribution in [2.24, 2.45) is 0 Å². The molecule has 1 aliphatic heterocycles. The number of benzene rings is 1. The van der Waals surface area contributed by atoms with Gasteiger partial charge in [0, 0.05) is 24.4 Å². The molecule has 3 rings (SSSR count). The second kappa shape index (κ2) is 7.49. The van der Waals surface area contributed by atoms with Gasteiger partial charge in [0.25, 0.3) is 5.91 Å². The molecule has 0 radical (unpaired) electrons. The van der Waals surface area contributed by atoms with Crippen molar-refractivity contribution in [3.63, 3.8) is 0 Å². The maximum atomic E-state index is 12.3. The fraction of sp³-hybridized carbons (Fsp3) is 0.333. The monoisotopic (exact) mass is 344 g/mol. The van der Waals surface area contributed by atoms with E-state index in [1.54, 1.807) is 23.2 Å². The molecule has 24 heavy (non-hydrogen) atoms. The van der Waals surface area contributed by atoms with Gasteiger partial charge < -0.3 is 15.0 Å². The van der Waals surface area contributed by atoms with E-state index in [1.807, 2.05) is 35.7 Å². The second-order valence-corrected chi connectivity index (χ2v) is 6.68. The summed E-state index contributed by atoms with van der Waals surface area (Å²) in [4.78, 5) is 27.3. The van der Waals surface area contributed by atoms with Gasteiger partial charge in [-0.25, -0.2) is 0 Å². The predicted octanol–water partition coefficient (Wildman–Crippen LogP) is 2.61. The van der Waals surface area contributed by atoms with E-state index in [1.165, 1.54) is 4.88 Å². The molecule has 1 aliphatic rings. The minimum atomic E-state index is -0.526. The number of carbonyl (C=O) groups is 2. The molecule has 1 aromatic heterocycles. The number of rotatable bonds is 6. The zero-order valence-electron chi connectivity index (χ0n) is 13.5. The van der Waals surface area contributed by atoms with E-state index >= 15 is 0 Å². The van der Waals surface area contributed by atoms with Crippen molar-refractivity contribution in [1.29, 1.82) is 0 Å². The average Bonchev–Trinajstić information content (AvgIpc) is 3.09. The lowest BCUT2D eigenvalue weighted by atomic mass is 10.1. The second-order valence-electron chi connectivity index (χ2n) is 5.65. The van der Waals surface area contributed by atoms with Crippen LogP contribution in [0, 0.1) is 0 Å². The Morgan fingerprint density at radius 1 is 1.29 bits per heavy atom. The van der Waals surface area contributed by atoms with Gasteiger partial charge in [0.05, 0.1) is 5.69 Å². The fourth-order valence-electron chi connectivity index (χ4n) is 2.67. The summed E-state index contributed by atoms with van der Waals surface area (Å²) in [6, 6.07) is 11.5. The van der Waals surface area contributed by atoms with Gasteiger partial charge in [-0.2, -0.15) is 0 Å². The molecule has 1 atom stereocenters. The molecule has 0 saturated heterocycles. The molecule has 0 unspecified atom stereocenters. The van der Waals surface area contributed by atoms with E-state index in [4.69, 9.17) is 4.74 Å². The SMILES string of the molecule is C[C@H]1Oc2ccccc2N(CCC(=O)NCCc2cccs2)C1=O. The average molecular weight is 344 g/mol. The molecule has 0 aliphatic carbocycles. The number of nitrogens with one attached hydrogen (secondary N) is 1. The van der Waals surface area contributed by atoms with Crippen LogP contribution in [0.4, 0.5) is 5.69 Å². The lowest BCUT2D eigenvalue weighted by molar-refractivity contribution is -0.125. The number of hydrogen-bond acceptors (Lipinski definition) is 4. The highest BCUT2D eigenvalue weighted by atomic mass is 32.1. The van der Waals surface area contributed by atoms with Gasteiger partial charge in [-0.3, -0.25) is 9.59 Å². The van der Waals surface area contributed by atoms with Crippen molar-refractivity contribution in [3.05, 3.63) is 46.7 Å². The Labute approximate surface area is 145 Å². The largest absolute Gasteiger partial charge is 0.479 e. The Morgan fingerprint density at radius 2 is 2.12 bits per heavy atom. The summed E-state index contributed by atoms with van der Waals surface area (Å²) in [5, 5.41) is 4.94. The van der Waals surface area contributed by atoms with Crippen LogP contribution in [0.5, 0.6) is 5.75 Å². The topological polar surface area (TPSA) is 58.6 Å². The molecule has 0 fully saturated rings. The van der Waals surface area contributed by atoms with Crippen LogP contribution in [0.1, 0.15) is 18.2 Å². The first-order valence-corrected chi connectivity index (χ1v) is 8.89. The van der Waals surface area contributed by atoms with Gasteiger partial charge in [0.1, 0.15) is 5.75 Å². The molecule has 1 N–H and O–H groups in total. The minimum absolute atomic E-state index is 0.0454. The molecular formula is C18H20N2O3S.